The van der Waals surface area contributed by atoms with Gasteiger partial charge >= 0.3 is 0 Å². The monoisotopic (exact) mass is 290 g/mol. The molecule has 0 radical (unpaired) electrons. The molecule has 0 aliphatic carbocycles. The lowest BCUT2D eigenvalue weighted by atomic mass is 10.1. The van der Waals surface area contributed by atoms with Crippen molar-refractivity contribution in [1.29, 1.82) is 0 Å². The first-order valence-corrected chi connectivity index (χ1v) is 6.19. The van der Waals surface area contributed by atoms with E-state index < -0.39 is 5.82 Å². The second kappa shape index (κ2) is 5.74. The van der Waals surface area contributed by atoms with Crippen molar-refractivity contribution in [3.63, 3.8) is 0 Å². The molecule has 0 saturated heterocycles. The molecule has 1 heterocycles. The van der Waals surface area contributed by atoms with Crippen LogP contribution in [0.1, 0.15) is 22.4 Å². The van der Waals surface area contributed by atoms with Crippen LogP contribution in [-0.4, -0.2) is 21.2 Å². The second-order valence-corrected chi connectivity index (χ2v) is 4.59. The van der Waals surface area contributed by atoms with Gasteiger partial charge in [0.25, 0.3) is 0 Å². The zero-order valence-electron chi connectivity index (χ0n) is 11.9. The molecule has 0 unspecified atom stereocenters. The van der Waals surface area contributed by atoms with E-state index in [1.807, 2.05) is 0 Å². The van der Waals surface area contributed by atoms with Crippen LogP contribution in [0.4, 0.5) is 4.39 Å². The quantitative estimate of drug-likeness (QED) is 0.392. The van der Waals surface area contributed by atoms with Gasteiger partial charge in [-0.05, 0) is 38.0 Å². The maximum atomic E-state index is 13.5. The molecule has 0 saturated carbocycles. The highest BCUT2D eigenvalue weighted by atomic mass is 19.1. The van der Waals surface area contributed by atoms with E-state index in [1.54, 1.807) is 32.9 Å². The van der Waals surface area contributed by atoms with Crippen molar-refractivity contribution in [3.8, 4) is 11.6 Å². The number of nitrogens with zero attached hydrogens (tertiary/aromatic N) is 3. The fraction of sp³-hybridized carbons (Fsp3) is 0.214. The number of rotatable bonds is 3. The molecule has 110 valence electrons. The normalized spacial score (nSPS) is 11.5. The van der Waals surface area contributed by atoms with Crippen LogP contribution in [0.3, 0.4) is 0 Å². The summed E-state index contributed by atoms with van der Waals surface area (Å²) in [5.41, 5.74) is 7.77. The van der Waals surface area contributed by atoms with Gasteiger partial charge in [-0.25, -0.2) is 4.39 Å². The van der Waals surface area contributed by atoms with Gasteiger partial charge in [0, 0.05) is 6.07 Å². The van der Waals surface area contributed by atoms with Gasteiger partial charge in [0.2, 0.25) is 5.88 Å². The van der Waals surface area contributed by atoms with E-state index in [9.17, 15) is 4.39 Å². The predicted molar refractivity (Wildman–Crippen MR) is 75.2 cm³/mol. The molecule has 2 aromatic rings. The molecule has 7 heteroatoms. The van der Waals surface area contributed by atoms with Crippen LogP contribution in [0.15, 0.2) is 23.4 Å². The Hall–Kier alpha value is -2.70. The predicted octanol–water partition coefficient (Wildman–Crippen LogP) is 2.43. The van der Waals surface area contributed by atoms with Gasteiger partial charge in [-0.2, -0.15) is 5.10 Å². The highest BCUT2D eigenvalue weighted by Crippen LogP contribution is 2.26. The number of aryl methyl sites for hydroxylation is 2. The van der Waals surface area contributed by atoms with Gasteiger partial charge in [-0.3, -0.25) is 0 Å². The average molecular weight is 290 g/mol. The highest BCUT2D eigenvalue weighted by Gasteiger charge is 2.17. The number of hydrogen-bond donors (Lipinski definition) is 2. The van der Waals surface area contributed by atoms with Crippen LogP contribution >= 0.6 is 0 Å². The molecule has 6 nitrogen and oxygen atoms in total. The van der Waals surface area contributed by atoms with Gasteiger partial charge in [0.15, 0.2) is 5.84 Å². The number of amidine groups is 1. The van der Waals surface area contributed by atoms with Crippen molar-refractivity contribution in [3.05, 3.63) is 46.4 Å². The standard InChI is InChI=1S/C14H15FN4O2/c1-7-4-5-10(6-11(7)15)21-14-12(13(16)19-20)8(2)9(3)17-18-14/h4-6,20H,1-3H3,(H2,16,19). The number of oxime groups is 1. The minimum Gasteiger partial charge on any atom is -0.437 e. The molecule has 1 aromatic heterocycles. The summed E-state index contributed by atoms with van der Waals surface area (Å²) in [7, 11) is 0. The summed E-state index contributed by atoms with van der Waals surface area (Å²) in [6.45, 7) is 5.14. The Morgan fingerprint density at radius 1 is 1.29 bits per heavy atom. The molecule has 1 aromatic carbocycles. The number of halogens is 1. The van der Waals surface area contributed by atoms with Crippen molar-refractivity contribution in [1.82, 2.24) is 10.2 Å². The minimum absolute atomic E-state index is 0.0525. The lowest BCUT2D eigenvalue weighted by Crippen LogP contribution is -2.18. The molecule has 0 spiro atoms. The SMILES string of the molecule is Cc1ccc(Oc2nnc(C)c(C)c2/C(N)=N/O)cc1F. The van der Waals surface area contributed by atoms with Crippen LogP contribution in [0.2, 0.25) is 0 Å². The molecule has 0 aliphatic heterocycles. The van der Waals surface area contributed by atoms with E-state index in [0.29, 0.717) is 22.4 Å². The zero-order chi connectivity index (χ0) is 15.6. The summed E-state index contributed by atoms with van der Waals surface area (Å²) in [4.78, 5) is 0. The summed E-state index contributed by atoms with van der Waals surface area (Å²) < 4.78 is 19.1. The van der Waals surface area contributed by atoms with Crippen LogP contribution in [0.5, 0.6) is 11.6 Å². The number of hydrogen-bond acceptors (Lipinski definition) is 5. The Balaban J connectivity index is 2.49. The molecule has 2 rings (SSSR count). The molecule has 0 fully saturated rings. The third kappa shape index (κ3) is 2.91. The smallest absolute Gasteiger partial charge is 0.250 e. The fourth-order valence-electron chi connectivity index (χ4n) is 1.76. The Labute approximate surface area is 121 Å². The van der Waals surface area contributed by atoms with Crippen molar-refractivity contribution in [2.75, 3.05) is 0 Å². The third-order valence-electron chi connectivity index (χ3n) is 3.14. The second-order valence-electron chi connectivity index (χ2n) is 4.59. The zero-order valence-corrected chi connectivity index (χ0v) is 11.9. The maximum absolute atomic E-state index is 13.5. The van der Waals surface area contributed by atoms with Crippen LogP contribution in [0.25, 0.3) is 0 Å². The van der Waals surface area contributed by atoms with E-state index in [2.05, 4.69) is 15.4 Å². The van der Waals surface area contributed by atoms with E-state index in [0.717, 1.165) is 0 Å². The molecule has 0 amide bonds. The number of nitrogens with two attached hydrogens (primary N) is 1. The Bertz CT molecular complexity index is 716. The molecule has 0 atom stereocenters. The lowest BCUT2D eigenvalue weighted by molar-refractivity contribution is 0.318. The van der Waals surface area contributed by atoms with E-state index in [4.69, 9.17) is 15.7 Å². The summed E-state index contributed by atoms with van der Waals surface area (Å²) in [6, 6.07) is 4.43. The maximum Gasteiger partial charge on any atom is 0.250 e. The highest BCUT2D eigenvalue weighted by molar-refractivity contribution is 6.00. The lowest BCUT2D eigenvalue weighted by Gasteiger charge is -2.12. The van der Waals surface area contributed by atoms with Gasteiger partial charge < -0.3 is 15.7 Å². The Morgan fingerprint density at radius 3 is 2.62 bits per heavy atom. The number of ether oxygens (including phenoxy) is 1. The number of aromatic nitrogens is 2. The average Bonchev–Trinajstić information content (AvgIpc) is 2.46. The van der Waals surface area contributed by atoms with Crippen molar-refractivity contribution in [2.24, 2.45) is 10.9 Å². The summed E-state index contributed by atoms with van der Waals surface area (Å²) in [6.07, 6.45) is 0. The minimum atomic E-state index is -0.394. The van der Waals surface area contributed by atoms with Gasteiger partial charge in [0.1, 0.15) is 11.6 Å². The topological polar surface area (TPSA) is 93.6 Å². The van der Waals surface area contributed by atoms with Crippen LogP contribution in [-0.2, 0) is 0 Å². The summed E-state index contributed by atoms with van der Waals surface area (Å²) >= 11 is 0. The fourth-order valence-corrected chi connectivity index (χ4v) is 1.76. The van der Waals surface area contributed by atoms with Crippen LogP contribution < -0.4 is 10.5 Å². The largest absolute Gasteiger partial charge is 0.437 e. The van der Waals surface area contributed by atoms with Gasteiger partial charge in [-0.1, -0.05) is 11.2 Å². The summed E-state index contributed by atoms with van der Waals surface area (Å²) in [5.74, 6) is -0.234. The molecular weight excluding hydrogens is 275 g/mol. The van der Waals surface area contributed by atoms with Gasteiger partial charge in [-0.15, -0.1) is 5.10 Å². The van der Waals surface area contributed by atoms with E-state index in [-0.39, 0.29) is 17.5 Å². The molecular formula is C14H15FN4O2. The Morgan fingerprint density at radius 2 is 2.00 bits per heavy atom. The molecule has 3 N–H and O–H groups in total. The first kappa shape index (κ1) is 14.7. The Kier molecular flexibility index (Phi) is 4.02. The molecule has 21 heavy (non-hydrogen) atoms. The molecule has 0 aliphatic rings. The first-order valence-electron chi connectivity index (χ1n) is 6.19. The van der Waals surface area contributed by atoms with E-state index in [1.165, 1.54) is 6.07 Å². The summed E-state index contributed by atoms with van der Waals surface area (Å²) in [5, 5.41) is 19.7. The van der Waals surface area contributed by atoms with Crippen LogP contribution in [0, 0.1) is 26.6 Å². The third-order valence-corrected chi connectivity index (χ3v) is 3.14. The van der Waals surface area contributed by atoms with E-state index >= 15 is 0 Å². The molecule has 0 bridgehead atoms. The van der Waals surface area contributed by atoms with Gasteiger partial charge in [0.05, 0.1) is 11.3 Å². The number of benzene rings is 1. The van der Waals surface area contributed by atoms with Crippen molar-refractivity contribution >= 4 is 5.84 Å². The van der Waals surface area contributed by atoms with Crippen molar-refractivity contribution < 1.29 is 14.3 Å². The van der Waals surface area contributed by atoms with Crippen molar-refractivity contribution in [2.45, 2.75) is 20.8 Å². The first-order chi connectivity index (χ1) is 9.93.